The Kier molecular flexibility index (Phi) is 4.61. The van der Waals surface area contributed by atoms with Crippen molar-refractivity contribution in [3.63, 3.8) is 0 Å². The second-order valence-electron chi connectivity index (χ2n) is 4.55. The van der Waals surface area contributed by atoms with Crippen molar-refractivity contribution >= 4 is 5.91 Å². The minimum Gasteiger partial charge on any atom is -0.352 e. The molecule has 0 aromatic carbocycles. The Morgan fingerprint density at radius 1 is 1.33 bits per heavy atom. The summed E-state index contributed by atoms with van der Waals surface area (Å²) in [6, 6.07) is 2.18. The summed E-state index contributed by atoms with van der Waals surface area (Å²) in [6.45, 7) is 3.70. The summed E-state index contributed by atoms with van der Waals surface area (Å²) in [5, 5.41) is 11.6. The molecule has 1 amide bonds. The molecule has 0 bridgehead atoms. The van der Waals surface area contributed by atoms with Crippen LogP contribution in [0.1, 0.15) is 46.0 Å². The third kappa shape index (κ3) is 3.54. The largest absolute Gasteiger partial charge is 0.352 e. The van der Waals surface area contributed by atoms with Gasteiger partial charge in [-0.1, -0.05) is 19.3 Å². The number of hydrogen-bond acceptors (Lipinski definition) is 2. The quantitative estimate of drug-likeness (QED) is 0.773. The average Bonchev–Trinajstić information content (AvgIpc) is 2.29. The van der Waals surface area contributed by atoms with E-state index in [0.717, 1.165) is 0 Å². The summed E-state index contributed by atoms with van der Waals surface area (Å²) in [6.07, 6.45) is 6.30. The van der Waals surface area contributed by atoms with Gasteiger partial charge in [-0.05, 0) is 32.6 Å². The third-order valence-corrected chi connectivity index (χ3v) is 3.31. The van der Waals surface area contributed by atoms with Gasteiger partial charge in [-0.2, -0.15) is 5.26 Å². The fourth-order valence-electron chi connectivity index (χ4n) is 2.16. The maximum absolute atomic E-state index is 11.5. The maximum atomic E-state index is 11.5. The number of nitriles is 1. The molecule has 1 saturated carbocycles. The molecule has 1 rings (SSSR count). The van der Waals surface area contributed by atoms with Gasteiger partial charge in [0.1, 0.15) is 5.92 Å². The van der Waals surface area contributed by atoms with Crippen molar-refractivity contribution in [1.29, 1.82) is 5.26 Å². The Labute approximate surface area is 91.9 Å². The molecule has 1 aliphatic carbocycles. The first-order valence-corrected chi connectivity index (χ1v) is 5.85. The van der Waals surface area contributed by atoms with E-state index in [-0.39, 0.29) is 11.9 Å². The van der Waals surface area contributed by atoms with Crippen LogP contribution in [0.25, 0.3) is 0 Å². The number of rotatable bonds is 3. The summed E-state index contributed by atoms with van der Waals surface area (Å²) < 4.78 is 0. The van der Waals surface area contributed by atoms with Crippen LogP contribution in [0.4, 0.5) is 0 Å². The Bertz CT molecular complexity index is 251. The van der Waals surface area contributed by atoms with Crippen molar-refractivity contribution in [3.8, 4) is 6.07 Å². The minimum atomic E-state index is -0.531. The van der Waals surface area contributed by atoms with Gasteiger partial charge >= 0.3 is 0 Å². The van der Waals surface area contributed by atoms with Gasteiger partial charge < -0.3 is 5.32 Å². The molecular formula is C12H20N2O. The molecule has 1 aliphatic rings. The highest BCUT2D eigenvalue weighted by molar-refractivity contribution is 5.80. The number of nitrogens with zero attached hydrogens (tertiary/aromatic N) is 1. The second kappa shape index (κ2) is 5.75. The predicted octanol–water partition coefficient (Wildman–Crippen LogP) is 2.23. The summed E-state index contributed by atoms with van der Waals surface area (Å²) in [4.78, 5) is 11.5. The molecule has 3 heteroatoms. The zero-order valence-electron chi connectivity index (χ0n) is 9.62. The lowest BCUT2D eigenvalue weighted by Crippen LogP contribution is -2.41. The van der Waals surface area contributed by atoms with Crippen LogP contribution in [0, 0.1) is 23.2 Å². The van der Waals surface area contributed by atoms with Gasteiger partial charge in [-0.3, -0.25) is 4.79 Å². The van der Waals surface area contributed by atoms with Gasteiger partial charge in [0.25, 0.3) is 0 Å². The first-order valence-electron chi connectivity index (χ1n) is 5.85. The van der Waals surface area contributed by atoms with E-state index in [2.05, 4.69) is 12.2 Å². The topological polar surface area (TPSA) is 52.9 Å². The van der Waals surface area contributed by atoms with E-state index in [0.29, 0.717) is 5.92 Å². The normalized spacial score (nSPS) is 21.4. The van der Waals surface area contributed by atoms with Crippen molar-refractivity contribution in [2.75, 3.05) is 0 Å². The molecule has 0 spiro atoms. The highest BCUT2D eigenvalue weighted by atomic mass is 16.1. The molecule has 2 unspecified atom stereocenters. The van der Waals surface area contributed by atoms with E-state index < -0.39 is 5.92 Å². The van der Waals surface area contributed by atoms with E-state index in [1.54, 1.807) is 6.92 Å². The molecule has 2 atom stereocenters. The fourth-order valence-corrected chi connectivity index (χ4v) is 2.16. The maximum Gasteiger partial charge on any atom is 0.237 e. The van der Waals surface area contributed by atoms with Crippen molar-refractivity contribution in [1.82, 2.24) is 5.32 Å². The number of nitrogens with one attached hydrogen (secondary N) is 1. The van der Waals surface area contributed by atoms with E-state index in [1.807, 2.05) is 6.07 Å². The zero-order chi connectivity index (χ0) is 11.3. The van der Waals surface area contributed by atoms with E-state index in [1.165, 1.54) is 32.1 Å². The third-order valence-electron chi connectivity index (χ3n) is 3.31. The zero-order valence-corrected chi connectivity index (χ0v) is 9.62. The molecule has 0 radical (unpaired) electrons. The Morgan fingerprint density at radius 3 is 2.47 bits per heavy atom. The van der Waals surface area contributed by atoms with Crippen molar-refractivity contribution < 1.29 is 4.79 Å². The predicted molar refractivity (Wildman–Crippen MR) is 59.0 cm³/mol. The van der Waals surface area contributed by atoms with Crippen LogP contribution in [0.2, 0.25) is 0 Å². The molecule has 0 saturated heterocycles. The lowest BCUT2D eigenvalue weighted by molar-refractivity contribution is -0.124. The average molecular weight is 208 g/mol. The number of carbonyl (C=O) groups excluding carboxylic acids is 1. The van der Waals surface area contributed by atoms with Crippen LogP contribution in [-0.2, 0) is 4.79 Å². The SMILES string of the molecule is CC(C#N)C(=O)NC(C)C1CCCCC1. The number of hydrogen-bond donors (Lipinski definition) is 1. The fraction of sp³-hybridized carbons (Fsp3) is 0.833. The summed E-state index contributed by atoms with van der Waals surface area (Å²) in [5.41, 5.74) is 0. The Morgan fingerprint density at radius 2 is 1.93 bits per heavy atom. The summed E-state index contributed by atoms with van der Waals surface area (Å²) in [5.74, 6) is -0.0554. The van der Waals surface area contributed by atoms with Crippen molar-refractivity contribution in [2.24, 2.45) is 11.8 Å². The van der Waals surface area contributed by atoms with Crippen LogP contribution < -0.4 is 5.32 Å². The molecule has 0 aromatic heterocycles. The molecular weight excluding hydrogens is 188 g/mol. The van der Waals surface area contributed by atoms with Gasteiger partial charge in [0, 0.05) is 6.04 Å². The first kappa shape index (κ1) is 12.0. The van der Waals surface area contributed by atoms with E-state index in [4.69, 9.17) is 5.26 Å². The summed E-state index contributed by atoms with van der Waals surface area (Å²) in [7, 11) is 0. The molecule has 0 aromatic rings. The molecule has 1 N–H and O–H groups in total. The number of carbonyl (C=O) groups is 1. The van der Waals surface area contributed by atoms with Gasteiger partial charge in [0.2, 0.25) is 5.91 Å². The van der Waals surface area contributed by atoms with Crippen molar-refractivity contribution in [2.45, 2.75) is 52.0 Å². The van der Waals surface area contributed by atoms with Gasteiger partial charge in [-0.25, -0.2) is 0 Å². The van der Waals surface area contributed by atoms with Crippen LogP contribution in [0.15, 0.2) is 0 Å². The highest BCUT2D eigenvalue weighted by Crippen LogP contribution is 2.26. The van der Waals surface area contributed by atoms with Crippen LogP contribution in [-0.4, -0.2) is 11.9 Å². The molecule has 15 heavy (non-hydrogen) atoms. The molecule has 84 valence electrons. The lowest BCUT2D eigenvalue weighted by atomic mass is 9.84. The molecule has 3 nitrogen and oxygen atoms in total. The second-order valence-corrected chi connectivity index (χ2v) is 4.55. The van der Waals surface area contributed by atoms with Crippen LogP contribution in [0.3, 0.4) is 0 Å². The van der Waals surface area contributed by atoms with E-state index in [9.17, 15) is 4.79 Å². The van der Waals surface area contributed by atoms with Crippen molar-refractivity contribution in [3.05, 3.63) is 0 Å². The highest BCUT2D eigenvalue weighted by Gasteiger charge is 2.22. The molecule has 0 heterocycles. The van der Waals surface area contributed by atoms with E-state index >= 15 is 0 Å². The minimum absolute atomic E-state index is 0.129. The summed E-state index contributed by atoms with van der Waals surface area (Å²) >= 11 is 0. The lowest BCUT2D eigenvalue weighted by Gasteiger charge is -2.28. The Hall–Kier alpha value is -1.04. The van der Waals surface area contributed by atoms with Crippen LogP contribution >= 0.6 is 0 Å². The Balaban J connectivity index is 2.37. The molecule has 1 fully saturated rings. The van der Waals surface area contributed by atoms with Gasteiger partial charge in [0.05, 0.1) is 6.07 Å². The molecule has 0 aliphatic heterocycles. The van der Waals surface area contributed by atoms with Gasteiger partial charge in [0.15, 0.2) is 0 Å². The number of amides is 1. The van der Waals surface area contributed by atoms with Crippen LogP contribution in [0.5, 0.6) is 0 Å². The first-order chi connectivity index (χ1) is 7.15. The standard InChI is InChI=1S/C12H20N2O/c1-9(8-13)12(15)14-10(2)11-6-4-3-5-7-11/h9-11H,3-7H2,1-2H3,(H,14,15). The van der Waals surface area contributed by atoms with Gasteiger partial charge in [-0.15, -0.1) is 0 Å². The smallest absolute Gasteiger partial charge is 0.237 e. The monoisotopic (exact) mass is 208 g/mol.